The summed E-state index contributed by atoms with van der Waals surface area (Å²) in [6, 6.07) is 16.7. The van der Waals surface area contributed by atoms with Gasteiger partial charge in [0.25, 0.3) is 0 Å². The predicted molar refractivity (Wildman–Crippen MR) is 98.4 cm³/mol. The number of amides is 2. The molecule has 4 heteroatoms. The summed E-state index contributed by atoms with van der Waals surface area (Å²) in [5.41, 5.74) is 2.09. The Morgan fingerprint density at radius 3 is 2.60 bits per heavy atom. The van der Waals surface area contributed by atoms with Gasteiger partial charge in [-0.25, -0.2) is 9.18 Å². The van der Waals surface area contributed by atoms with E-state index >= 15 is 0 Å². The molecule has 0 radical (unpaired) electrons. The van der Waals surface area contributed by atoms with Gasteiger partial charge in [0, 0.05) is 19.3 Å². The van der Waals surface area contributed by atoms with E-state index in [-0.39, 0.29) is 11.8 Å². The van der Waals surface area contributed by atoms with E-state index in [1.165, 1.54) is 17.7 Å². The van der Waals surface area contributed by atoms with Crippen LogP contribution < -0.4 is 5.32 Å². The van der Waals surface area contributed by atoms with Crippen LogP contribution in [0, 0.1) is 11.7 Å². The fourth-order valence-electron chi connectivity index (χ4n) is 3.20. The van der Waals surface area contributed by atoms with Crippen LogP contribution >= 0.6 is 0 Å². The molecule has 1 aliphatic rings. The average molecular weight is 338 g/mol. The monoisotopic (exact) mass is 338 g/mol. The molecular weight excluding hydrogens is 315 g/mol. The van der Waals surface area contributed by atoms with Gasteiger partial charge in [-0.05, 0) is 54.5 Å². The number of nitrogens with one attached hydrogen (secondary N) is 1. The summed E-state index contributed by atoms with van der Waals surface area (Å²) in [6.07, 6.45) is 6.40. The topological polar surface area (TPSA) is 32.3 Å². The summed E-state index contributed by atoms with van der Waals surface area (Å²) < 4.78 is 13.1. The van der Waals surface area contributed by atoms with Crippen molar-refractivity contribution in [3.8, 4) is 0 Å². The number of carbonyl (C=O) groups excluding carboxylic acids is 1. The summed E-state index contributed by atoms with van der Waals surface area (Å²) in [5, 5.41) is 2.77. The number of urea groups is 1. The van der Waals surface area contributed by atoms with Crippen LogP contribution in [0.25, 0.3) is 6.08 Å². The lowest BCUT2D eigenvalue weighted by Crippen LogP contribution is -2.43. The van der Waals surface area contributed by atoms with E-state index in [0.29, 0.717) is 5.92 Å². The van der Waals surface area contributed by atoms with E-state index in [4.69, 9.17) is 0 Å². The van der Waals surface area contributed by atoms with Crippen LogP contribution in [0.2, 0.25) is 0 Å². The molecule has 0 saturated carbocycles. The van der Waals surface area contributed by atoms with Crippen molar-refractivity contribution >= 4 is 12.1 Å². The second-order valence-corrected chi connectivity index (χ2v) is 6.46. The zero-order chi connectivity index (χ0) is 17.5. The van der Waals surface area contributed by atoms with Gasteiger partial charge in [-0.2, -0.15) is 0 Å². The van der Waals surface area contributed by atoms with Gasteiger partial charge in [0.1, 0.15) is 5.82 Å². The molecule has 2 aromatic carbocycles. The molecule has 0 bridgehead atoms. The first-order valence-electron chi connectivity index (χ1n) is 8.72. The highest BCUT2D eigenvalue weighted by molar-refractivity contribution is 5.76. The summed E-state index contributed by atoms with van der Waals surface area (Å²) in [4.78, 5) is 14.1. The second-order valence-electron chi connectivity index (χ2n) is 6.46. The van der Waals surface area contributed by atoms with Crippen molar-refractivity contribution in [2.45, 2.75) is 19.3 Å². The first-order chi connectivity index (χ1) is 12.2. The van der Waals surface area contributed by atoms with Crippen LogP contribution in [0.4, 0.5) is 9.18 Å². The smallest absolute Gasteiger partial charge is 0.321 e. The fourth-order valence-corrected chi connectivity index (χ4v) is 3.20. The first kappa shape index (κ1) is 17.2. The van der Waals surface area contributed by atoms with Gasteiger partial charge in [0.05, 0.1) is 0 Å². The molecule has 25 heavy (non-hydrogen) atoms. The van der Waals surface area contributed by atoms with Crippen LogP contribution in [0.1, 0.15) is 24.0 Å². The normalized spacial score (nSPS) is 15.5. The van der Waals surface area contributed by atoms with Gasteiger partial charge in [0.2, 0.25) is 0 Å². The Morgan fingerprint density at radius 1 is 1.12 bits per heavy atom. The van der Waals surface area contributed by atoms with Crippen molar-refractivity contribution in [2.75, 3.05) is 13.1 Å². The molecule has 3 nitrogen and oxygen atoms in total. The summed E-state index contributed by atoms with van der Waals surface area (Å²) in [6.45, 7) is 1.55. The number of piperidine rings is 1. The van der Waals surface area contributed by atoms with E-state index in [0.717, 1.165) is 37.9 Å². The highest BCUT2D eigenvalue weighted by Crippen LogP contribution is 2.21. The van der Waals surface area contributed by atoms with Crippen LogP contribution in [0.3, 0.4) is 0 Å². The standard InChI is InChI=1S/C21H23FN2O/c22-20-8-4-7-18(16-20)9-12-23-21(25)24-13-10-19(11-14-24)15-17-5-2-1-3-6-17/h1-9,12,16,19H,10-11,13-15H2,(H,23,25)/b12-9+. The molecule has 0 unspecified atom stereocenters. The van der Waals surface area contributed by atoms with Crippen molar-refractivity contribution in [1.82, 2.24) is 10.2 Å². The van der Waals surface area contributed by atoms with Gasteiger partial charge >= 0.3 is 6.03 Å². The Balaban J connectivity index is 1.44. The van der Waals surface area contributed by atoms with Crippen molar-refractivity contribution in [3.05, 3.63) is 77.7 Å². The quantitative estimate of drug-likeness (QED) is 0.877. The number of likely N-dealkylation sites (tertiary alicyclic amines) is 1. The Bertz CT molecular complexity index is 722. The summed E-state index contributed by atoms with van der Waals surface area (Å²) >= 11 is 0. The average Bonchev–Trinajstić information content (AvgIpc) is 2.63. The van der Waals surface area contributed by atoms with Gasteiger partial charge in [-0.1, -0.05) is 42.5 Å². The summed E-state index contributed by atoms with van der Waals surface area (Å²) in [7, 11) is 0. The van der Waals surface area contributed by atoms with Gasteiger partial charge < -0.3 is 10.2 Å². The molecule has 130 valence electrons. The zero-order valence-electron chi connectivity index (χ0n) is 14.2. The number of nitrogens with zero attached hydrogens (tertiary/aromatic N) is 1. The third kappa shape index (κ3) is 5.18. The van der Waals surface area contributed by atoms with Gasteiger partial charge in [0.15, 0.2) is 0 Å². The molecule has 1 saturated heterocycles. The molecule has 0 atom stereocenters. The van der Waals surface area contributed by atoms with Gasteiger partial charge in [-0.15, -0.1) is 0 Å². The lowest BCUT2D eigenvalue weighted by Gasteiger charge is -2.31. The van der Waals surface area contributed by atoms with Crippen molar-refractivity contribution in [3.63, 3.8) is 0 Å². The number of rotatable bonds is 4. The Morgan fingerprint density at radius 2 is 1.88 bits per heavy atom. The van der Waals surface area contributed by atoms with Crippen molar-refractivity contribution < 1.29 is 9.18 Å². The highest BCUT2D eigenvalue weighted by Gasteiger charge is 2.22. The first-order valence-corrected chi connectivity index (χ1v) is 8.72. The third-order valence-corrected chi connectivity index (χ3v) is 4.60. The number of hydrogen-bond acceptors (Lipinski definition) is 1. The van der Waals surface area contributed by atoms with Crippen molar-refractivity contribution in [1.29, 1.82) is 0 Å². The van der Waals surface area contributed by atoms with Crippen LogP contribution in [-0.4, -0.2) is 24.0 Å². The van der Waals surface area contributed by atoms with E-state index in [2.05, 4.69) is 29.6 Å². The molecular formula is C21H23FN2O. The molecule has 0 aromatic heterocycles. The van der Waals surface area contributed by atoms with Crippen LogP contribution in [0.15, 0.2) is 60.8 Å². The molecule has 0 spiro atoms. The number of halogens is 1. The minimum atomic E-state index is -0.283. The Labute approximate surface area is 148 Å². The van der Waals surface area contributed by atoms with E-state index < -0.39 is 0 Å². The van der Waals surface area contributed by atoms with E-state index in [9.17, 15) is 9.18 Å². The SMILES string of the molecule is O=C(N/C=C/c1cccc(F)c1)N1CCC(Cc2ccccc2)CC1. The second kappa shape index (κ2) is 8.47. The zero-order valence-corrected chi connectivity index (χ0v) is 14.2. The maximum atomic E-state index is 13.1. The lowest BCUT2D eigenvalue weighted by molar-refractivity contribution is 0.173. The molecule has 2 amide bonds. The summed E-state index contributed by atoms with van der Waals surface area (Å²) in [5.74, 6) is 0.350. The van der Waals surface area contributed by atoms with E-state index in [1.807, 2.05) is 11.0 Å². The minimum absolute atomic E-state index is 0.0918. The lowest BCUT2D eigenvalue weighted by atomic mass is 9.90. The Hall–Kier alpha value is -2.62. The maximum absolute atomic E-state index is 13.1. The van der Waals surface area contributed by atoms with Gasteiger partial charge in [-0.3, -0.25) is 0 Å². The largest absolute Gasteiger partial charge is 0.325 e. The molecule has 0 aliphatic carbocycles. The number of carbonyl (C=O) groups is 1. The van der Waals surface area contributed by atoms with E-state index in [1.54, 1.807) is 24.4 Å². The molecule has 1 heterocycles. The molecule has 3 rings (SSSR count). The molecule has 1 aliphatic heterocycles. The Kier molecular flexibility index (Phi) is 5.83. The maximum Gasteiger partial charge on any atom is 0.321 e. The molecule has 1 fully saturated rings. The molecule has 1 N–H and O–H groups in total. The van der Waals surface area contributed by atoms with Crippen molar-refractivity contribution in [2.24, 2.45) is 5.92 Å². The minimum Gasteiger partial charge on any atom is -0.325 e. The highest BCUT2D eigenvalue weighted by atomic mass is 19.1. The number of benzene rings is 2. The van der Waals surface area contributed by atoms with Crippen LogP contribution in [0.5, 0.6) is 0 Å². The fraction of sp³-hybridized carbons (Fsp3) is 0.286. The predicted octanol–water partition coefficient (Wildman–Crippen LogP) is 4.46. The number of hydrogen-bond donors (Lipinski definition) is 1. The third-order valence-electron chi connectivity index (χ3n) is 4.60. The molecule has 2 aromatic rings. The van der Waals surface area contributed by atoms with Crippen LogP contribution in [-0.2, 0) is 6.42 Å².